The summed E-state index contributed by atoms with van der Waals surface area (Å²) in [6.45, 7) is 5.75. The van der Waals surface area contributed by atoms with Gasteiger partial charge in [0.25, 0.3) is 0 Å². The minimum atomic E-state index is -0.993. The zero-order valence-corrected chi connectivity index (χ0v) is 18.8. The molecule has 0 atom stereocenters. The number of carboxylic acids is 1. The van der Waals surface area contributed by atoms with E-state index in [0.29, 0.717) is 5.56 Å². The van der Waals surface area contributed by atoms with Crippen molar-refractivity contribution in [2.75, 3.05) is 0 Å². The molecule has 3 heteroatoms. The largest absolute Gasteiger partial charge is 0.478 e. The molecule has 0 spiro atoms. The fraction of sp³-hybridized carbons (Fsp3) is 0.167. The number of benzene rings is 3. The number of aliphatic carboxylic acids is 1. The lowest BCUT2D eigenvalue weighted by Gasteiger charge is -2.16. The predicted octanol–water partition coefficient (Wildman–Crippen LogP) is 7.09. The molecule has 3 aromatic carbocycles. The Morgan fingerprint density at radius 1 is 0.909 bits per heavy atom. The van der Waals surface area contributed by atoms with Crippen molar-refractivity contribution in [3.63, 3.8) is 0 Å². The molecule has 4 aromatic rings. The van der Waals surface area contributed by atoms with Crippen LogP contribution in [-0.4, -0.2) is 15.6 Å². The van der Waals surface area contributed by atoms with E-state index in [1.807, 2.05) is 12.1 Å². The number of nitrogens with zero attached hydrogens (tertiary/aromatic N) is 1. The molecule has 0 saturated heterocycles. The van der Waals surface area contributed by atoms with Crippen LogP contribution >= 0.6 is 0 Å². The molecular weight excluding hydrogens is 406 g/mol. The Labute approximate surface area is 194 Å². The third-order valence-electron chi connectivity index (χ3n) is 6.57. The number of fused-ring (bicyclic) bond motifs is 3. The normalized spacial score (nSPS) is 13.4. The second-order valence-corrected chi connectivity index (χ2v) is 8.82. The van der Waals surface area contributed by atoms with Gasteiger partial charge in [-0.25, -0.2) is 4.79 Å². The van der Waals surface area contributed by atoms with Crippen molar-refractivity contribution in [3.05, 3.63) is 107 Å². The fourth-order valence-electron chi connectivity index (χ4n) is 4.77. The highest BCUT2D eigenvalue weighted by Gasteiger charge is 2.20. The molecule has 1 aromatic heterocycles. The van der Waals surface area contributed by atoms with Gasteiger partial charge in [-0.3, -0.25) is 0 Å². The van der Waals surface area contributed by atoms with Gasteiger partial charge in [0.15, 0.2) is 0 Å². The summed E-state index contributed by atoms with van der Waals surface area (Å²) in [5.74, 6) is -0.993. The lowest BCUT2D eigenvalue weighted by Crippen LogP contribution is -2.06. The number of carboxylic acid groups (broad SMARTS) is 1. The zero-order valence-electron chi connectivity index (χ0n) is 18.8. The summed E-state index contributed by atoms with van der Waals surface area (Å²) in [6.07, 6.45) is 8.93. The van der Waals surface area contributed by atoms with Crippen LogP contribution in [0.4, 0.5) is 0 Å². The smallest absolute Gasteiger partial charge is 0.335 e. The van der Waals surface area contributed by atoms with E-state index in [-0.39, 0.29) is 5.57 Å². The number of carbonyl (C=O) groups is 1. The van der Waals surface area contributed by atoms with Crippen LogP contribution in [-0.2, 0) is 17.6 Å². The number of aryl methyl sites for hydroxylation is 2. The van der Waals surface area contributed by atoms with Crippen molar-refractivity contribution in [2.45, 2.75) is 32.6 Å². The van der Waals surface area contributed by atoms with Gasteiger partial charge in [0.2, 0.25) is 0 Å². The zero-order chi connectivity index (χ0) is 22.9. The monoisotopic (exact) mass is 433 g/mol. The molecule has 0 unspecified atom stereocenters. The Morgan fingerprint density at radius 2 is 1.58 bits per heavy atom. The lowest BCUT2D eigenvalue weighted by atomic mass is 9.95. The summed E-state index contributed by atoms with van der Waals surface area (Å²) in [5, 5.41) is 10.4. The van der Waals surface area contributed by atoms with E-state index >= 15 is 0 Å². The minimum Gasteiger partial charge on any atom is -0.478 e. The van der Waals surface area contributed by atoms with Crippen molar-refractivity contribution in [2.24, 2.45) is 0 Å². The molecule has 1 heterocycles. The van der Waals surface area contributed by atoms with Crippen molar-refractivity contribution >= 4 is 34.6 Å². The predicted molar refractivity (Wildman–Crippen MR) is 137 cm³/mol. The van der Waals surface area contributed by atoms with Crippen molar-refractivity contribution < 1.29 is 9.90 Å². The Kier molecular flexibility index (Phi) is 5.47. The van der Waals surface area contributed by atoms with E-state index in [0.717, 1.165) is 24.0 Å². The highest BCUT2D eigenvalue weighted by atomic mass is 16.4. The molecule has 0 aliphatic heterocycles. The molecule has 1 aliphatic rings. The summed E-state index contributed by atoms with van der Waals surface area (Å²) in [4.78, 5) is 11.1. The van der Waals surface area contributed by atoms with Crippen LogP contribution in [0.5, 0.6) is 0 Å². The second kappa shape index (κ2) is 8.59. The Bertz CT molecular complexity index is 1390. The molecule has 1 N–H and O–H groups in total. The van der Waals surface area contributed by atoms with Crippen LogP contribution in [0.3, 0.4) is 0 Å². The molecule has 0 fully saturated rings. The SMILES string of the molecule is C=C(C(=O)O)c1ccc(C=Cc2ccc3c(c2)c2c(n3-c3ccc(C)cc3)CCCC2)cc1. The summed E-state index contributed by atoms with van der Waals surface area (Å²) in [5.41, 5.74) is 9.66. The first-order valence-corrected chi connectivity index (χ1v) is 11.5. The van der Waals surface area contributed by atoms with Gasteiger partial charge in [-0.15, -0.1) is 0 Å². The maximum Gasteiger partial charge on any atom is 0.335 e. The topological polar surface area (TPSA) is 42.2 Å². The van der Waals surface area contributed by atoms with Gasteiger partial charge in [0, 0.05) is 16.8 Å². The van der Waals surface area contributed by atoms with Crippen molar-refractivity contribution in [1.82, 2.24) is 4.57 Å². The van der Waals surface area contributed by atoms with Gasteiger partial charge in [0.05, 0.1) is 11.1 Å². The average molecular weight is 434 g/mol. The first kappa shape index (κ1) is 21.0. The van der Waals surface area contributed by atoms with E-state index < -0.39 is 5.97 Å². The van der Waals surface area contributed by atoms with Crippen LogP contribution in [0.25, 0.3) is 34.3 Å². The van der Waals surface area contributed by atoms with E-state index in [2.05, 4.69) is 72.7 Å². The summed E-state index contributed by atoms with van der Waals surface area (Å²) >= 11 is 0. The minimum absolute atomic E-state index is 0.110. The van der Waals surface area contributed by atoms with Crippen molar-refractivity contribution in [1.29, 1.82) is 0 Å². The molecule has 3 nitrogen and oxygen atoms in total. The van der Waals surface area contributed by atoms with Gasteiger partial charge in [-0.05, 0) is 79.1 Å². The second-order valence-electron chi connectivity index (χ2n) is 8.82. The standard InChI is InChI=1S/C30H27NO2/c1-20-7-16-25(17-8-20)31-28-6-4-3-5-26(28)27-19-23(13-18-29(27)31)10-9-22-11-14-24(15-12-22)21(2)30(32)33/h7-19H,2-6H2,1H3,(H,32,33). The molecule has 33 heavy (non-hydrogen) atoms. The third-order valence-corrected chi connectivity index (χ3v) is 6.57. The van der Waals surface area contributed by atoms with Crippen LogP contribution in [0.2, 0.25) is 0 Å². The molecular formula is C30H27NO2. The summed E-state index contributed by atoms with van der Waals surface area (Å²) in [6, 6.07) is 23.0. The first-order chi connectivity index (χ1) is 16.0. The highest BCUT2D eigenvalue weighted by molar-refractivity contribution is 6.14. The maximum atomic E-state index is 11.1. The Hall–Kier alpha value is -3.85. The fourth-order valence-corrected chi connectivity index (χ4v) is 4.77. The number of hydrogen-bond donors (Lipinski definition) is 1. The molecule has 5 rings (SSSR count). The van der Waals surface area contributed by atoms with Gasteiger partial charge < -0.3 is 9.67 Å². The molecule has 0 amide bonds. The van der Waals surface area contributed by atoms with E-state index in [9.17, 15) is 4.79 Å². The lowest BCUT2D eigenvalue weighted by molar-refractivity contribution is -0.130. The number of rotatable bonds is 5. The van der Waals surface area contributed by atoms with E-state index in [4.69, 9.17) is 5.11 Å². The molecule has 0 saturated carbocycles. The van der Waals surface area contributed by atoms with Crippen LogP contribution < -0.4 is 0 Å². The van der Waals surface area contributed by atoms with Crippen LogP contribution in [0, 0.1) is 6.92 Å². The molecule has 0 radical (unpaired) electrons. The number of hydrogen-bond acceptors (Lipinski definition) is 1. The van der Waals surface area contributed by atoms with Crippen LogP contribution in [0.1, 0.15) is 46.4 Å². The average Bonchev–Trinajstić information content (AvgIpc) is 3.17. The summed E-state index contributed by atoms with van der Waals surface area (Å²) < 4.78 is 2.45. The summed E-state index contributed by atoms with van der Waals surface area (Å²) in [7, 11) is 0. The van der Waals surface area contributed by atoms with Gasteiger partial charge >= 0.3 is 5.97 Å². The quantitative estimate of drug-likeness (QED) is 0.270. The van der Waals surface area contributed by atoms with Gasteiger partial charge in [-0.1, -0.05) is 66.8 Å². The number of aromatic nitrogens is 1. The molecule has 1 aliphatic carbocycles. The Balaban J connectivity index is 1.50. The van der Waals surface area contributed by atoms with Gasteiger partial charge in [-0.2, -0.15) is 0 Å². The van der Waals surface area contributed by atoms with E-state index in [1.165, 1.54) is 46.3 Å². The van der Waals surface area contributed by atoms with Crippen molar-refractivity contribution in [3.8, 4) is 5.69 Å². The third kappa shape index (κ3) is 4.03. The first-order valence-electron chi connectivity index (χ1n) is 11.5. The van der Waals surface area contributed by atoms with Gasteiger partial charge in [0.1, 0.15) is 0 Å². The van der Waals surface area contributed by atoms with Crippen LogP contribution in [0.15, 0.2) is 73.3 Å². The molecule has 164 valence electrons. The highest BCUT2D eigenvalue weighted by Crippen LogP contribution is 2.35. The van der Waals surface area contributed by atoms with E-state index in [1.54, 1.807) is 12.1 Å². The molecule has 0 bridgehead atoms. The maximum absolute atomic E-state index is 11.1. The Morgan fingerprint density at radius 3 is 2.30 bits per heavy atom.